The van der Waals surface area contributed by atoms with Gasteiger partial charge in [0.05, 0.1) is 18.4 Å². The van der Waals surface area contributed by atoms with Gasteiger partial charge < -0.3 is 10.1 Å². The Morgan fingerprint density at radius 2 is 2.29 bits per heavy atom. The monoisotopic (exact) mass is 313 g/mol. The molecule has 1 aromatic heterocycles. The lowest BCUT2D eigenvalue weighted by atomic mass is 10.2. The number of nitrogens with one attached hydrogen (secondary N) is 1. The van der Waals surface area contributed by atoms with Crippen LogP contribution >= 0.6 is 0 Å². The average Bonchev–Trinajstić information content (AvgIpc) is 2.53. The Labute approximate surface area is 126 Å². The van der Waals surface area contributed by atoms with Crippen molar-refractivity contribution >= 4 is 15.7 Å². The van der Waals surface area contributed by atoms with E-state index in [0.717, 1.165) is 19.4 Å². The zero-order chi connectivity index (χ0) is 15.3. The SMILES string of the molecule is CCCNc1ccncc1S(=O)(=O)N1CCOC(CC)C1. The Morgan fingerprint density at radius 3 is 3.00 bits per heavy atom. The summed E-state index contributed by atoms with van der Waals surface area (Å²) in [5.41, 5.74) is 0.617. The van der Waals surface area contributed by atoms with Crippen molar-refractivity contribution in [2.75, 3.05) is 31.6 Å². The van der Waals surface area contributed by atoms with Crippen LogP contribution in [-0.4, -0.2) is 50.1 Å². The van der Waals surface area contributed by atoms with Gasteiger partial charge in [-0.1, -0.05) is 13.8 Å². The molecule has 1 fully saturated rings. The van der Waals surface area contributed by atoms with Crippen LogP contribution in [0.1, 0.15) is 26.7 Å². The molecule has 1 saturated heterocycles. The quantitative estimate of drug-likeness (QED) is 0.865. The van der Waals surface area contributed by atoms with Gasteiger partial charge >= 0.3 is 0 Å². The number of morpholine rings is 1. The van der Waals surface area contributed by atoms with E-state index in [-0.39, 0.29) is 11.0 Å². The van der Waals surface area contributed by atoms with Gasteiger partial charge in [0.1, 0.15) is 4.90 Å². The Kier molecular flexibility index (Phi) is 5.55. The van der Waals surface area contributed by atoms with Gasteiger partial charge in [-0.3, -0.25) is 4.98 Å². The van der Waals surface area contributed by atoms with Crippen LogP contribution in [0.4, 0.5) is 5.69 Å². The first-order valence-corrected chi connectivity index (χ1v) is 8.83. The normalized spacial score (nSPS) is 20.4. The fourth-order valence-electron chi connectivity index (χ4n) is 2.29. The van der Waals surface area contributed by atoms with E-state index in [1.165, 1.54) is 10.5 Å². The Bertz CT molecular complexity index is 562. The standard InChI is InChI=1S/C14H23N3O3S/c1-3-6-16-13-5-7-15-10-14(13)21(18,19)17-8-9-20-12(4-2)11-17/h5,7,10,12H,3-4,6,8-9,11H2,1-2H3,(H,15,16). The van der Waals surface area contributed by atoms with Crippen LogP contribution in [0.15, 0.2) is 23.4 Å². The summed E-state index contributed by atoms with van der Waals surface area (Å²) in [7, 11) is -3.54. The lowest BCUT2D eigenvalue weighted by molar-refractivity contribution is -0.00277. The van der Waals surface area contributed by atoms with Crippen LogP contribution in [0.5, 0.6) is 0 Å². The highest BCUT2D eigenvalue weighted by atomic mass is 32.2. The van der Waals surface area contributed by atoms with Crippen LogP contribution < -0.4 is 5.32 Å². The van der Waals surface area contributed by atoms with E-state index in [9.17, 15) is 8.42 Å². The van der Waals surface area contributed by atoms with Gasteiger partial charge in [0.15, 0.2) is 0 Å². The predicted molar refractivity (Wildman–Crippen MR) is 81.8 cm³/mol. The minimum atomic E-state index is -3.54. The Morgan fingerprint density at radius 1 is 1.48 bits per heavy atom. The fraction of sp³-hybridized carbons (Fsp3) is 0.643. The summed E-state index contributed by atoms with van der Waals surface area (Å²) >= 11 is 0. The number of anilines is 1. The van der Waals surface area contributed by atoms with Crippen molar-refractivity contribution in [1.82, 2.24) is 9.29 Å². The highest BCUT2D eigenvalue weighted by Gasteiger charge is 2.31. The topological polar surface area (TPSA) is 71.5 Å². The van der Waals surface area contributed by atoms with Gasteiger partial charge in [0.25, 0.3) is 0 Å². The molecule has 0 aromatic carbocycles. The second-order valence-electron chi connectivity index (χ2n) is 5.06. The molecule has 1 N–H and O–H groups in total. The maximum absolute atomic E-state index is 12.8. The summed E-state index contributed by atoms with van der Waals surface area (Å²) in [6.07, 6.45) is 4.73. The highest BCUT2D eigenvalue weighted by molar-refractivity contribution is 7.89. The van der Waals surface area contributed by atoms with Crippen molar-refractivity contribution in [1.29, 1.82) is 0 Å². The maximum Gasteiger partial charge on any atom is 0.246 e. The summed E-state index contributed by atoms with van der Waals surface area (Å²) in [5.74, 6) is 0. The van der Waals surface area contributed by atoms with Crippen molar-refractivity contribution in [3.8, 4) is 0 Å². The van der Waals surface area contributed by atoms with E-state index < -0.39 is 10.0 Å². The molecule has 2 heterocycles. The third kappa shape index (κ3) is 3.72. The number of nitrogens with zero attached hydrogens (tertiary/aromatic N) is 2. The minimum absolute atomic E-state index is 0.0303. The minimum Gasteiger partial charge on any atom is -0.384 e. The molecular weight excluding hydrogens is 290 g/mol. The number of ether oxygens (including phenoxy) is 1. The van der Waals surface area contributed by atoms with Crippen molar-refractivity contribution in [2.24, 2.45) is 0 Å². The summed E-state index contributed by atoms with van der Waals surface area (Å²) in [6, 6.07) is 1.71. The summed E-state index contributed by atoms with van der Waals surface area (Å²) in [6.45, 7) is 6.00. The van der Waals surface area contributed by atoms with Gasteiger partial charge in [-0.05, 0) is 18.9 Å². The second kappa shape index (κ2) is 7.20. The summed E-state index contributed by atoms with van der Waals surface area (Å²) in [5, 5.41) is 3.16. The van der Waals surface area contributed by atoms with Crippen LogP contribution in [0.2, 0.25) is 0 Å². The molecule has 0 saturated carbocycles. The molecule has 21 heavy (non-hydrogen) atoms. The molecule has 0 radical (unpaired) electrons. The molecule has 118 valence electrons. The molecule has 1 unspecified atom stereocenters. The van der Waals surface area contributed by atoms with E-state index in [4.69, 9.17) is 4.74 Å². The van der Waals surface area contributed by atoms with E-state index in [0.29, 0.717) is 25.4 Å². The molecule has 0 amide bonds. The molecule has 0 spiro atoms. The van der Waals surface area contributed by atoms with Gasteiger partial charge in [-0.2, -0.15) is 4.31 Å². The first-order valence-electron chi connectivity index (χ1n) is 7.39. The molecule has 0 bridgehead atoms. The molecule has 0 aliphatic carbocycles. The smallest absolute Gasteiger partial charge is 0.246 e. The van der Waals surface area contributed by atoms with Crippen LogP contribution in [0, 0.1) is 0 Å². The largest absolute Gasteiger partial charge is 0.384 e. The predicted octanol–water partition coefficient (Wildman–Crippen LogP) is 1.70. The van der Waals surface area contributed by atoms with Crippen molar-refractivity contribution in [3.05, 3.63) is 18.5 Å². The molecule has 7 heteroatoms. The number of hydrogen-bond donors (Lipinski definition) is 1. The first-order chi connectivity index (χ1) is 10.1. The number of sulfonamides is 1. The van der Waals surface area contributed by atoms with E-state index in [1.807, 2.05) is 13.8 Å². The molecule has 1 atom stereocenters. The van der Waals surface area contributed by atoms with E-state index >= 15 is 0 Å². The van der Waals surface area contributed by atoms with Gasteiger partial charge in [-0.15, -0.1) is 0 Å². The van der Waals surface area contributed by atoms with E-state index in [2.05, 4.69) is 10.3 Å². The average molecular weight is 313 g/mol. The third-order valence-electron chi connectivity index (χ3n) is 3.52. The lowest BCUT2D eigenvalue weighted by Gasteiger charge is -2.32. The Balaban J connectivity index is 2.26. The van der Waals surface area contributed by atoms with Crippen LogP contribution in [0.25, 0.3) is 0 Å². The Hall–Kier alpha value is -1.18. The van der Waals surface area contributed by atoms with Gasteiger partial charge in [-0.25, -0.2) is 8.42 Å². The second-order valence-corrected chi connectivity index (χ2v) is 6.97. The molecule has 1 aliphatic rings. The first kappa shape index (κ1) is 16.2. The highest BCUT2D eigenvalue weighted by Crippen LogP contribution is 2.25. The van der Waals surface area contributed by atoms with Crippen molar-refractivity contribution in [3.63, 3.8) is 0 Å². The molecular formula is C14H23N3O3S. The molecule has 2 rings (SSSR count). The number of pyridine rings is 1. The maximum atomic E-state index is 12.8. The van der Waals surface area contributed by atoms with Crippen molar-refractivity contribution < 1.29 is 13.2 Å². The molecule has 6 nitrogen and oxygen atoms in total. The fourth-order valence-corrected chi connectivity index (χ4v) is 3.86. The summed E-state index contributed by atoms with van der Waals surface area (Å²) < 4.78 is 32.7. The zero-order valence-corrected chi connectivity index (χ0v) is 13.4. The third-order valence-corrected chi connectivity index (χ3v) is 5.42. The van der Waals surface area contributed by atoms with Crippen LogP contribution in [0.3, 0.4) is 0 Å². The van der Waals surface area contributed by atoms with Gasteiger partial charge in [0, 0.05) is 32.0 Å². The van der Waals surface area contributed by atoms with Gasteiger partial charge in [0.2, 0.25) is 10.0 Å². The molecule has 1 aromatic rings. The number of aromatic nitrogens is 1. The number of hydrogen-bond acceptors (Lipinski definition) is 5. The van der Waals surface area contributed by atoms with Crippen LogP contribution in [-0.2, 0) is 14.8 Å². The van der Waals surface area contributed by atoms with Crippen molar-refractivity contribution in [2.45, 2.75) is 37.7 Å². The molecule has 1 aliphatic heterocycles. The lowest BCUT2D eigenvalue weighted by Crippen LogP contribution is -2.45. The zero-order valence-electron chi connectivity index (χ0n) is 12.6. The number of rotatable bonds is 6. The van der Waals surface area contributed by atoms with E-state index in [1.54, 1.807) is 12.3 Å². The summed E-state index contributed by atoms with van der Waals surface area (Å²) in [4.78, 5) is 4.22.